The van der Waals surface area contributed by atoms with Gasteiger partial charge in [-0.1, -0.05) is 6.42 Å². The minimum Gasteiger partial charge on any atom is -0.492 e. The smallest absolute Gasteiger partial charge is 0.349 e. The molecule has 0 aliphatic carbocycles. The van der Waals surface area contributed by atoms with E-state index in [9.17, 15) is 33.0 Å². The van der Waals surface area contributed by atoms with E-state index >= 15 is 0 Å². The lowest BCUT2D eigenvalue weighted by Gasteiger charge is -2.23. The number of benzene rings is 1. The molecule has 2 heterocycles. The Morgan fingerprint density at radius 3 is 2.45 bits per heavy atom. The van der Waals surface area contributed by atoms with E-state index in [-0.39, 0.29) is 35.9 Å². The Hall–Kier alpha value is -4.04. The molecule has 0 unspecified atom stereocenters. The number of rotatable bonds is 13. The Morgan fingerprint density at radius 1 is 1.08 bits per heavy atom. The van der Waals surface area contributed by atoms with Crippen LogP contribution in [-0.2, 0) is 14.9 Å². The molecule has 0 radical (unpaired) electrons. The number of amides is 1. The summed E-state index contributed by atoms with van der Waals surface area (Å²) in [6.07, 6.45) is 2.12. The van der Waals surface area contributed by atoms with Gasteiger partial charge in [0.15, 0.2) is 0 Å². The van der Waals surface area contributed by atoms with Crippen molar-refractivity contribution in [3.8, 4) is 11.8 Å². The van der Waals surface area contributed by atoms with E-state index in [1.165, 1.54) is 18.2 Å². The average Bonchev–Trinajstić information content (AvgIpc) is 3.16. The highest BCUT2D eigenvalue weighted by molar-refractivity contribution is 7.85. The molecule has 0 bridgehead atoms. The van der Waals surface area contributed by atoms with Gasteiger partial charge >= 0.3 is 11.6 Å². The fourth-order valence-electron chi connectivity index (χ4n) is 3.71. The van der Waals surface area contributed by atoms with Crippen LogP contribution < -0.4 is 20.7 Å². The van der Waals surface area contributed by atoms with E-state index in [1.54, 1.807) is 12.1 Å². The van der Waals surface area contributed by atoms with Crippen molar-refractivity contribution in [1.82, 2.24) is 10.0 Å². The first kappa shape index (κ1) is 28.5. The second-order valence-corrected chi connectivity index (χ2v) is 9.98. The number of carbonyl (C=O) groups is 2. The van der Waals surface area contributed by atoms with Crippen molar-refractivity contribution in [2.75, 3.05) is 30.3 Å². The summed E-state index contributed by atoms with van der Waals surface area (Å²) in [4.78, 5) is 43.5. The number of unbranched alkanes of at least 4 members (excludes halogenated alkanes) is 2. The van der Waals surface area contributed by atoms with Gasteiger partial charge in [-0.2, -0.15) is 8.42 Å². The van der Waals surface area contributed by atoms with Gasteiger partial charge in [0.1, 0.15) is 11.1 Å². The van der Waals surface area contributed by atoms with Crippen LogP contribution in [0.3, 0.4) is 0 Å². The maximum absolute atomic E-state index is 12.3. The summed E-state index contributed by atoms with van der Waals surface area (Å²) in [5.74, 6) is -2.84. The van der Waals surface area contributed by atoms with Gasteiger partial charge in [0.25, 0.3) is 16.0 Å². The highest BCUT2D eigenvalue weighted by Gasteiger charge is 2.16. The van der Waals surface area contributed by atoms with Gasteiger partial charge in [0, 0.05) is 55.3 Å². The van der Waals surface area contributed by atoms with Crippen molar-refractivity contribution in [1.29, 1.82) is 0 Å². The van der Waals surface area contributed by atoms with Gasteiger partial charge in [0.2, 0.25) is 11.8 Å². The lowest BCUT2D eigenvalue weighted by Crippen LogP contribution is -2.32. The first-order valence-electron chi connectivity index (χ1n) is 11.9. The van der Waals surface area contributed by atoms with Crippen LogP contribution in [0.2, 0.25) is 0 Å². The highest BCUT2D eigenvalue weighted by atomic mass is 32.2. The minimum atomic E-state index is -4.25. The van der Waals surface area contributed by atoms with Gasteiger partial charge in [-0.25, -0.2) is 9.59 Å². The number of anilines is 1. The van der Waals surface area contributed by atoms with Gasteiger partial charge < -0.3 is 29.7 Å². The van der Waals surface area contributed by atoms with Gasteiger partial charge in [0.05, 0.1) is 5.75 Å². The quantitative estimate of drug-likeness (QED) is 0.137. The summed E-state index contributed by atoms with van der Waals surface area (Å²) in [6.45, 7) is 2.93. The monoisotopic (exact) mass is 551 g/mol. The van der Waals surface area contributed by atoms with Gasteiger partial charge in [-0.3, -0.25) is 9.35 Å². The van der Waals surface area contributed by atoms with Crippen LogP contribution in [0, 0.1) is 0 Å². The highest BCUT2D eigenvalue weighted by Crippen LogP contribution is 2.23. The molecule has 0 aliphatic heterocycles. The Bertz CT molecular complexity index is 1440. The van der Waals surface area contributed by atoms with Crippen LogP contribution in [0.15, 0.2) is 45.6 Å². The number of hydrogen-bond donors (Lipinski definition) is 4. The van der Waals surface area contributed by atoms with E-state index in [2.05, 4.69) is 10.2 Å². The van der Waals surface area contributed by atoms with Crippen LogP contribution >= 0.6 is 0 Å². The molecule has 38 heavy (non-hydrogen) atoms. The number of fused-ring (bicyclic) bond motifs is 1. The fraction of sp³-hybridized carbons (Fsp3) is 0.375. The molecular formula is C24H29N3O10S. The van der Waals surface area contributed by atoms with Crippen LogP contribution in [0.4, 0.5) is 5.69 Å². The van der Waals surface area contributed by atoms with Crippen LogP contribution in [-0.4, -0.2) is 65.2 Å². The predicted molar refractivity (Wildman–Crippen MR) is 137 cm³/mol. The maximum atomic E-state index is 12.3. The Morgan fingerprint density at radius 2 is 1.79 bits per heavy atom. The number of nitrogens with one attached hydrogen (secondary N) is 1. The fourth-order valence-corrected chi connectivity index (χ4v) is 4.07. The zero-order chi connectivity index (χ0) is 27.9. The lowest BCUT2D eigenvalue weighted by atomic mass is 10.1. The summed E-state index contributed by atoms with van der Waals surface area (Å²) >= 11 is 0. The summed E-state index contributed by atoms with van der Waals surface area (Å²) < 4.78 is 36.3. The summed E-state index contributed by atoms with van der Waals surface area (Å²) in [5.41, 5.74) is -0.0877. The molecule has 3 rings (SSSR count). The van der Waals surface area contributed by atoms with Gasteiger partial charge in [-0.15, -0.1) is 4.73 Å². The number of carbonyl (C=O) groups excluding carboxylic acids is 2. The Balaban J connectivity index is 1.54. The molecule has 2 aromatic heterocycles. The Kier molecular flexibility index (Phi) is 9.36. The number of hydrogen-bond acceptors (Lipinski definition) is 10. The zero-order valence-electron chi connectivity index (χ0n) is 20.6. The van der Waals surface area contributed by atoms with Crippen LogP contribution in [0.5, 0.6) is 11.8 Å². The second-order valence-electron chi connectivity index (χ2n) is 8.41. The van der Waals surface area contributed by atoms with E-state index in [4.69, 9.17) is 13.8 Å². The van der Waals surface area contributed by atoms with Crippen molar-refractivity contribution in [3.63, 3.8) is 0 Å². The molecule has 0 saturated heterocycles. The first-order valence-corrected chi connectivity index (χ1v) is 13.5. The summed E-state index contributed by atoms with van der Waals surface area (Å²) in [7, 11) is -4.25. The molecule has 13 nitrogen and oxygen atoms in total. The second kappa shape index (κ2) is 12.5. The molecule has 3 aromatic rings. The van der Waals surface area contributed by atoms with E-state index in [1.807, 2.05) is 13.0 Å². The predicted octanol–water partition coefficient (Wildman–Crippen LogP) is 1.67. The number of aromatic hydroxyl groups is 2. The molecule has 0 fully saturated rings. The lowest BCUT2D eigenvalue weighted by molar-refractivity contribution is -0.145. The van der Waals surface area contributed by atoms with E-state index in [0.717, 1.165) is 12.1 Å². The maximum Gasteiger partial charge on any atom is 0.349 e. The molecule has 14 heteroatoms. The Labute approximate surface area is 217 Å². The third-order valence-corrected chi connectivity index (χ3v) is 6.38. The number of nitrogens with zero attached hydrogens (tertiary/aromatic N) is 2. The van der Waals surface area contributed by atoms with E-state index < -0.39 is 33.4 Å². The van der Waals surface area contributed by atoms with Crippen LogP contribution in [0.25, 0.3) is 11.0 Å². The SMILES string of the molecule is CCN(CCCCCC(=O)On1c(O)ccc1O)c1ccc2cc(C(=O)NCCS(=O)(=O)O)c(=O)oc2c1. The molecule has 0 saturated carbocycles. The van der Waals surface area contributed by atoms with Gasteiger partial charge in [-0.05, 0) is 38.0 Å². The third-order valence-electron chi connectivity index (χ3n) is 5.66. The minimum absolute atomic E-state index is 0.107. The topological polar surface area (TPSA) is 189 Å². The molecule has 1 amide bonds. The molecular weight excluding hydrogens is 522 g/mol. The summed E-state index contributed by atoms with van der Waals surface area (Å²) in [6, 6.07) is 8.97. The van der Waals surface area contributed by atoms with Crippen molar-refractivity contribution in [2.45, 2.75) is 32.6 Å². The molecule has 1 aromatic carbocycles. The molecule has 0 spiro atoms. The van der Waals surface area contributed by atoms with Crippen molar-refractivity contribution in [2.24, 2.45) is 0 Å². The van der Waals surface area contributed by atoms with Crippen molar-refractivity contribution >= 4 is 38.7 Å². The first-order chi connectivity index (χ1) is 18.0. The normalized spacial score (nSPS) is 11.4. The molecule has 0 aliphatic rings. The van der Waals surface area contributed by atoms with Crippen molar-refractivity contribution in [3.05, 3.63) is 52.4 Å². The zero-order valence-corrected chi connectivity index (χ0v) is 21.4. The van der Waals surface area contributed by atoms with Crippen LogP contribution in [0.1, 0.15) is 43.0 Å². The van der Waals surface area contributed by atoms with E-state index in [0.29, 0.717) is 36.0 Å². The average molecular weight is 552 g/mol. The molecule has 0 atom stereocenters. The molecule has 4 N–H and O–H groups in total. The van der Waals surface area contributed by atoms with Crippen molar-refractivity contribution < 1.29 is 42.0 Å². The number of aromatic nitrogens is 1. The summed E-state index contributed by atoms with van der Waals surface area (Å²) in [5, 5.41) is 21.8. The third kappa shape index (κ3) is 7.73. The largest absolute Gasteiger partial charge is 0.492 e. The standard InChI is InChI=1S/C24H29N3O10S/c1-2-26(12-5-3-4-6-22(30)37-27-20(28)9-10-21(27)29)17-8-7-16-14-18(24(32)36-19(16)15-17)23(31)25-11-13-38(33,34)35/h7-10,14-15,28-29H,2-6,11-13H2,1H3,(H,25,31)(H,33,34,35). The molecule has 206 valence electrons.